The number of benzene rings is 3. The predicted molar refractivity (Wildman–Crippen MR) is 142 cm³/mol. The number of nitrogens with one attached hydrogen (secondary N) is 4. The molecule has 0 saturated carbocycles. The van der Waals surface area contributed by atoms with Crippen molar-refractivity contribution in [2.24, 2.45) is 0 Å². The molecule has 1 unspecified atom stereocenters. The van der Waals surface area contributed by atoms with E-state index in [-0.39, 0.29) is 11.9 Å². The van der Waals surface area contributed by atoms with Crippen LogP contribution >= 0.6 is 11.6 Å². The smallest absolute Gasteiger partial charge is 0.246 e. The summed E-state index contributed by atoms with van der Waals surface area (Å²) in [5, 5.41) is 12.9. The fraction of sp³-hybridized carbons (Fsp3) is 0.154. The summed E-state index contributed by atoms with van der Waals surface area (Å²) in [6.45, 7) is 5.78. The van der Waals surface area contributed by atoms with Crippen molar-refractivity contribution in [3.8, 4) is 0 Å². The van der Waals surface area contributed by atoms with Crippen molar-refractivity contribution in [1.29, 1.82) is 0 Å². The largest absolute Gasteiger partial charge is 0.342 e. The molecule has 1 amide bonds. The van der Waals surface area contributed by atoms with Gasteiger partial charge in [0.05, 0.1) is 0 Å². The number of aromatic nitrogens is 3. The zero-order chi connectivity index (χ0) is 24.8. The number of carbonyl (C=O) groups excluding carboxylic acids is 1. The molecule has 0 aliphatic rings. The Morgan fingerprint density at radius 1 is 0.686 bits per heavy atom. The van der Waals surface area contributed by atoms with Gasteiger partial charge in [0, 0.05) is 22.1 Å². The number of hydrogen-bond acceptors (Lipinski definition) is 7. The maximum absolute atomic E-state index is 12.7. The van der Waals surface area contributed by atoms with Crippen LogP contribution in [0, 0.1) is 13.8 Å². The second kappa shape index (κ2) is 10.8. The lowest BCUT2D eigenvalue weighted by molar-refractivity contribution is -0.116. The first-order valence-corrected chi connectivity index (χ1v) is 11.5. The second-order valence-electron chi connectivity index (χ2n) is 8.15. The average Bonchev–Trinajstić information content (AvgIpc) is 2.83. The zero-order valence-electron chi connectivity index (χ0n) is 19.6. The average molecular weight is 488 g/mol. The van der Waals surface area contributed by atoms with Crippen LogP contribution in [0.2, 0.25) is 5.02 Å². The number of nitrogens with zero attached hydrogens (tertiary/aromatic N) is 3. The molecular weight excluding hydrogens is 462 g/mol. The molecular formula is C26H26ClN7O. The van der Waals surface area contributed by atoms with Gasteiger partial charge in [-0.05, 0) is 69.3 Å². The van der Waals surface area contributed by atoms with Crippen molar-refractivity contribution in [2.75, 3.05) is 21.3 Å². The molecule has 1 aromatic heterocycles. The quantitative estimate of drug-likeness (QED) is 0.239. The molecule has 0 aliphatic carbocycles. The van der Waals surface area contributed by atoms with Gasteiger partial charge in [-0.25, -0.2) is 0 Å². The molecule has 0 aliphatic heterocycles. The van der Waals surface area contributed by atoms with Gasteiger partial charge < -0.3 is 21.3 Å². The molecule has 4 aromatic rings. The lowest BCUT2D eigenvalue weighted by Gasteiger charge is -2.16. The lowest BCUT2D eigenvalue weighted by atomic mass is 10.2. The summed E-state index contributed by atoms with van der Waals surface area (Å²) >= 11 is 5.92. The summed E-state index contributed by atoms with van der Waals surface area (Å²) in [6, 6.07) is 22.1. The third-order valence-electron chi connectivity index (χ3n) is 5.10. The minimum atomic E-state index is -0.618. The van der Waals surface area contributed by atoms with E-state index in [9.17, 15) is 4.79 Å². The Hall–Kier alpha value is -4.17. The number of hydrogen-bond donors (Lipinski definition) is 4. The van der Waals surface area contributed by atoms with Crippen molar-refractivity contribution in [2.45, 2.75) is 26.8 Å². The highest BCUT2D eigenvalue weighted by molar-refractivity contribution is 6.30. The Balaban J connectivity index is 1.54. The van der Waals surface area contributed by atoms with Gasteiger partial charge in [-0.3, -0.25) is 4.79 Å². The molecule has 0 saturated heterocycles. The molecule has 4 rings (SSSR count). The number of amides is 1. The van der Waals surface area contributed by atoms with Gasteiger partial charge >= 0.3 is 0 Å². The van der Waals surface area contributed by atoms with Crippen LogP contribution < -0.4 is 21.3 Å². The van der Waals surface area contributed by atoms with Gasteiger partial charge in [-0.1, -0.05) is 47.0 Å². The van der Waals surface area contributed by atoms with Gasteiger partial charge in [-0.15, -0.1) is 0 Å². The van der Waals surface area contributed by atoms with Crippen LogP contribution in [0.3, 0.4) is 0 Å². The highest BCUT2D eigenvalue weighted by atomic mass is 35.5. The molecule has 4 N–H and O–H groups in total. The number of carbonyl (C=O) groups is 1. The van der Waals surface area contributed by atoms with Crippen molar-refractivity contribution in [3.05, 3.63) is 88.9 Å². The number of anilines is 6. The minimum absolute atomic E-state index is 0.242. The second-order valence-corrected chi connectivity index (χ2v) is 8.59. The first kappa shape index (κ1) is 24.0. The van der Waals surface area contributed by atoms with E-state index in [1.54, 1.807) is 31.2 Å². The summed E-state index contributed by atoms with van der Waals surface area (Å²) in [4.78, 5) is 26.1. The molecule has 1 atom stereocenters. The Morgan fingerprint density at radius 2 is 1.11 bits per heavy atom. The molecule has 0 spiro atoms. The number of rotatable bonds is 8. The third kappa shape index (κ3) is 6.91. The fourth-order valence-corrected chi connectivity index (χ4v) is 3.25. The topological polar surface area (TPSA) is 104 Å². The van der Waals surface area contributed by atoms with E-state index >= 15 is 0 Å². The maximum Gasteiger partial charge on any atom is 0.246 e. The van der Waals surface area contributed by atoms with E-state index in [1.807, 2.05) is 62.4 Å². The molecule has 178 valence electrons. The minimum Gasteiger partial charge on any atom is -0.342 e. The van der Waals surface area contributed by atoms with E-state index < -0.39 is 6.04 Å². The Bertz CT molecular complexity index is 1230. The first-order chi connectivity index (χ1) is 16.8. The third-order valence-corrected chi connectivity index (χ3v) is 5.35. The van der Waals surface area contributed by atoms with Gasteiger partial charge in [-0.2, -0.15) is 15.0 Å². The molecule has 8 nitrogen and oxygen atoms in total. The van der Waals surface area contributed by atoms with Crippen LogP contribution in [0.25, 0.3) is 0 Å². The SMILES string of the molecule is Cc1ccc(Nc2nc(Nc3ccc(C)cc3)nc(NC(C)C(=O)Nc3ccc(Cl)cc3)n2)cc1. The molecule has 0 fully saturated rings. The highest BCUT2D eigenvalue weighted by Crippen LogP contribution is 2.20. The van der Waals surface area contributed by atoms with Crippen molar-refractivity contribution in [3.63, 3.8) is 0 Å². The van der Waals surface area contributed by atoms with Crippen LogP contribution in [0.15, 0.2) is 72.8 Å². The van der Waals surface area contributed by atoms with Crippen molar-refractivity contribution >= 4 is 52.4 Å². The normalized spacial score (nSPS) is 11.4. The van der Waals surface area contributed by atoms with Gasteiger partial charge in [0.15, 0.2) is 0 Å². The van der Waals surface area contributed by atoms with E-state index in [2.05, 4.69) is 36.2 Å². The van der Waals surface area contributed by atoms with E-state index in [4.69, 9.17) is 11.6 Å². The summed E-state index contributed by atoms with van der Waals surface area (Å²) in [6.07, 6.45) is 0. The standard InChI is InChI=1S/C26H26ClN7O/c1-16-4-10-21(11-5-16)30-25-32-24(33-26(34-25)31-22-12-6-17(2)7-13-22)28-18(3)23(35)29-20-14-8-19(27)9-15-20/h4-15,18H,1-3H3,(H,29,35)(H3,28,30,31,32,33,34). The van der Waals surface area contributed by atoms with Crippen molar-refractivity contribution in [1.82, 2.24) is 15.0 Å². The van der Waals surface area contributed by atoms with Gasteiger partial charge in [0.1, 0.15) is 6.04 Å². The van der Waals surface area contributed by atoms with E-state index in [1.165, 1.54) is 0 Å². The van der Waals surface area contributed by atoms with Gasteiger partial charge in [0.2, 0.25) is 23.8 Å². The number of aryl methyl sites for hydroxylation is 2. The summed E-state index contributed by atoms with van der Waals surface area (Å²) in [7, 11) is 0. The Morgan fingerprint density at radius 3 is 1.60 bits per heavy atom. The van der Waals surface area contributed by atoms with E-state index in [0.29, 0.717) is 22.6 Å². The van der Waals surface area contributed by atoms with Crippen LogP contribution in [-0.2, 0) is 4.79 Å². The van der Waals surface area contributed by atoms with Crippen LogP contribution in [0.4, 0.5) is 34.9 Å². The van der Waals surface area contributed by atoms with Crippen molar-refractivity contribution < 1.29 is 4.79 Å². The maximum atomic E-state index is 12.7. The monoisotopic (exact) mass is 487 g/mol. The zero-order valence-corrected chi connectivity index (χ0v) is 20.4. The van der Waals surface area contributed by atoms with E-state index in [0.717, 1.165) is 22.5 Å². The summed E-state index contributed by atoms with van der Waals surface area (Å²) < 4.78 is 0. The highest BCUT2D eigenvalue weighted by Gasteiger charge is 2.16. The molecule has 0 radical (unpaired) electrons. The van der Waals surface area contributed by atoms with Crippen LogP contribution in [0.5, 0.6) is 0 Å². The molecule has 1 heterocycles. The number of halogens is 1. The first-order valence-electron chi connectivity index (χ1n) is 11.1. The Kier molecular flexibility index (Phi) is 7.42. The molecule has 3 aromatic carbocycles. The predicted octanol–water partition coefficient (Wildman–Crippen LogP) is 6.07. The lowest BCUT2D eigenvalue weighted by Crippen LogP contribution is -2.32. The van der Waals surface area contributed by atoms with Crippen LogP contribution in [-0.4, -0.2) is 26.9 Å². The fourth-order valence-electron chi connectivity index (χ4n) is 3.13. The molecule has 35 heavy (non-hydrogen) atoms. The summed E-state index contributed by atoms with van der Waals surface area (Å²) in [5.41, 5.74) is 4.61. The molecule has 9 heteroatoms. The van der Waals surface area contributed by atoms with Crippen LogP contribution in [0.1, 0.15) is 18.1 Å². The Labute approximate surface area is 209 Å². The van der Waals surface area contributed by atoms with Gasteiger partial charge in [0.25, 0.3) is 0 Å². The molecule has 0 bridgehead atoms. The summed E-state index contributed by atoms with van der Waals surface area (Å²) in [5.74, 6) is 0.689.